The number of ether oxygens (including phenoxy) is 1. The number of hydrogen-bond donors (Lipinski definition) is 1. The molecule has 1 N–H and O–H groups in total. The highest BCUT2D eigenvalue weighted by molar-refractivity contribution is 6.90. The topological polar surface area (TPSA) is 90.2 Å². The molecule has 2 saturated heterocycles. The van der Waals surface area contributed by atoms with E-state index >= 15 is 4.39 Å². The number of aromatic nitrogens is 3. The first-order valence-electron chi connectivity index (χ1n) is 18.1. The zero-order chi connectivity index (χ0) is 35.6. The molecule has 0 bridgehead atoms. The summed E-state index contributed by atoms with van der Waals surface area (Å²) in [7, 11) is 0.0830. The van der Waals surface area contributed by atoms with Gasteiger partial charge in [0.2, 0.25) is 0 Å². The summed E-state index contributed by atoms with van der Waals surface area (Å²) >= 11 is 0. The van der Waals surface area contributed by atoms with Crippen molar-refractivity contribution in [1.29, 1.82) is 5.26 Å². The fourth-order valence-electron chi connectivity index (χ4n) is 8.39. The summed E-state index contributed by atoms with van der Waals surface area (Å²) in [6, 6.07) is 14.7. The number of fused-ring (bicyclic) bond motifs is 2. The van der Waals surface area contributed by atoms with Gasteiger partial charge in [-0.05, 0) is 54.5 Å². The number of hydrogen-bond acceptors (Lipinski definition) is 8. The van der Waals surface area contributed by atoms with Crippen LogP contribution in [-0.2, 0) is 0 Å². The standard InChI is InChI=1S/C40H50FN7OSi/c1-26(2)50(27(3)4,28(5)6)22-17-30-12-8-11-29-13-9-15-33(35(29)30)37-36(41)38-34(23-44-37)39(48-21-19-43-31(24-48)16-18-42)46-40(45-38)49-25-32-14-10-20-47(32)7/h8-9,11-13,15,23,26-28,31-32,43H,10,14,16,19-21,24-25H2,1-7H3/t31-,32-/m0/s1. The molecule has 0 amide bonds. The lowest BCUT2D eigenvalue weighted by molar-refractivity contribution is 0.188. The molecule has 10 heteroatoms. The first-order valence-corrected chi connectivity index (χ1v) is 20.4. The molecule has 0 aliphatic carbocycles. The van der Waals surface area contributed by atoms with Gasteiger partial charge in [-0.25, -0.2) is 4.39 Å². The highest BCUT2D eigenvalue weighted by atomic mass is 28.3. The third-order valence-electron chi connectivity index (χ3n) is 11.1. The predicted octanol–water partition coefficient (Wildman–Crippen LogP) is 7.72. The van der Waals surface area contributed by atoms with E-state index in [1.807, 2.05) is 24.3 Å². The van der Waals surface area contributed by atoms with Crippen LogP contribution >= 0.6 is 0 Å². The van der Waals surface area contributed by atoms with E-state index in [4.69, 9.17) is 19.7 Å². The molecule has 4 heterocycles. The Bertz CT molecular complexity index is 1940. The molecule has 8 nitrogen and oxygen atoms in total. The number of halogens is 1. The summed E-state index contributed by atoms with van der Waals surface area (Å²) in [5.74, 6) is 3.71. The number of rotatable bonds is 9. The summed E-state index contributed by atoms with van der Waals surface area (Å²) in [6.07, 6.45) is 4.22. The summed E-state index contributed by atoms with van der Waals surface area (Å²) < 4.78 is 23.3. The van der Waals surface area contributed by atoms with Crippen LogP contribution in [0.4, 0.5) is 10.2 Å². The fraction of sp³-hybridized carbons (Fsp3) is 0.500. The lowest BCUT2D eigenvalue weighted by Gasteiger charge is -2.38. The molecule has 0 radical (unpaired) electrons. The van der Waals surface area contributed by atoms with Crippen LogP contribution in [0.2, 0.25) is 16.6 Å². The highest BCUT2D eigenvalue weighted by Gasteiger charge is 2.41. The minimum atomic E-state index is -2.02. The summed E-state index contributed by atoms with van der Waals surface area (Å²) in [5.41, 5.74) is 7.33. The van der Waals surface area contributed by atoms with Gasteiger partial charge in [-0.3, -0.25) is 4.98 Å². The highest BCUT2D eigenvalue weighted by Crippen LogP contribution is 2.41. The van der Waals surface area contributed by atoms with E-state index in [-0.39, 0.29) is 29.3 Å². The second kappa shape index (κ2) is 15.0. The molecule has 50 heavy (non-hydrogen) atoms. The average Bonchev–Trinajstić information content (AvgIpc) is 3.51. The Hall–Kier alpha value is -4.09. The molecule has 2 atom stereocenters. The quantitative estimate of drug-likeness (QED) is 0.141. The Morgan fingerprint density at radius 2 is 1.78 bits per heavy atom. The van der Waals surface area contributed by atoms with E-state index < -0.39 is 13.9 Å². The molecule has 2 aromatic heterocycles. The smallest absolute Gasteiger partial charge is 0.319 e. The van der Waals surface area contributed by atoms with Crippen LogP contribution in [0, 0.1) is 28.6 Å². The van der Waals surface area contributed by atoms with Gasteiger partial charge in [-0.1, -0.05) is 77.8 Å². The van der Waals surface area contributed by atoms with E-state index in [0.717, 1.165) is 35.7 Å². The Morgan fingerprint density at radius 3 is 2.46 bits per heavy atom. The van der Waals surface area contributed by atoms with Gasteiger partial charge in [-0.2, -0.15) is 15.2 Å². The van der Waals surface area contributed by atoms with Gasteiger partial charge in [0.05, 0.1) is 17.9 Å². The summed E-state index contributed by atoms with van der Waals surface area (Å²) in [4.78, 5) is 18.7. The first kappa shape index (κ1) is 35.7. The number of pyridine rings is 1. The summed E-state index contributed by atoms with van der Waals surface area (Å²) in [5, 5.41) is 15.2. The van der Waals surface area contributed by atoms with E-state index in [9.17, 15) is 5.26 Å². The van der Waals surface area contributed by atoms with Crippen molar-refractivity contribution < 1.29 is 9.13 Å². The van der Waals surface area contributed by atoms with Crippen molar-refractivity contribution in [2.24, 2.45) is 0 Å². The Labute approximate surface area is 297 Å². The van der Waals surface area contributed by atoms with Crippen molar-refractivity contribution in [3.05, 3.63) is 54.0 Å². The van der Waals surface area contributed by atoms with Crippen LogP contribution in [0.5, 0.6) is 6.01 Å². The van der Waals surface area contributed by atoms with Gasteiger partial charge in [0, 0.05) is 54.4 Å². The maximum absolute atomic E-state index is 17.1. The van der Waals surface area contributed by atoms with Gasteiger partial charge < -0.3 is 19.9 Å². The molecular formula is C40H50FN7OSi. The lowest BCUT2D eigenvalue weighted by Crippen LogP contribution is -2.51. The van der Waals surface area contributed by atoms with Crippen LogP contribution in [0.15, 0.2) is 42.6 Å². The molecule has 2 aromatic carbocycles. The maximum atomic E-state index is 17.1. The Balaban J connectivity index is 1.50. The van der Waals surface area contributed by atoms with E-state index in [0.29, 0.717) is 66.1 Å². The van der Waals surface area contributed by atoms with E-state index in [1.54, 1.807) is 6.20 Å². The molecule has 2 aliphatic rings. The number of benzene rings is 2. The van der Waals surface area contributed by atoms with Crippen LogP contribution in [0.25, 0.3) is 32.9 Å². The average molecular weight is 692 g/mol. The maximum Gasteiger partial charge on any atom is 0.319 e. The number of nitriles is 1. The minimum Gasteiger partial charge on any atom is -0.462 e. The molecule has 2 fully saturated rings. The van der Waals surface area contributed by atoms with Crippen LogP contribution in [0.1, 0.15) is 66.4 Å². The third-order valence-corrected chi connectivity index (χ3v) is 17.3. The molecule has 0 saturated carbocycles. The molecule has 0 spiro atoms. The fourth-order valence-corrected chi connectivity index (χ4v) is 13.6. The van der Waals surface area contributed by atoms with Crippen LogP contribution in [0.3, 0.4) is 0 Å². The molecular weight excluding hydrogens is 642 g/mol. The number of piperazine rings is 1. The first-order chi connectivity index (χ1) is 24.0. The second-order valence-corrected chi connectivity index (χ2v) is 20.5. The van der Waals surface area contributed by atoms with E-state index in [1.165, 1.54) is 0 Å². The molecule has 262 valence electrons. The molecule has 6 rings (SSSR count). The number of likely N-dealkylation sites (N-methyl/N-ethyl adjacent to an activating group) is 1. The number of likely N-dealkylation sites (tertiary alicyclic amines) is 1. The zero-order valence-electron chi connectivity index (χ0n) is 30.6. The molecule has 0 unspecified atom stereocenters. The zero-order valence-corrected chi connectivity index (χ0v) is 31.6. The van der Waals surface area contributed by atoms with Gasteiger partial charge in [0.15, 0.2) is 5.82 Å². The number of nitrogens with one attached hydrogen (secondary N) is 1. The molecule has 2 aliphatic heterocycles. The monoisotopic (exact) mass is 691 g/mol. The van der Waals surface area contributed by atoms with Crippen LogP contribution in [-0.4, -0.2) is 79.8 Å². The van der Waals surface area contributed by atoms with Crippen molar-refractivity contribution in [3.63, 3.8) is 0 Å². The lowest BCUT2D eigenvalue weighted by atomic mass is 9.96. The minimum absolute atomic E-state index is 0.0218. The SMILES string of the molecule is CC(C)[Si](C#Cc1cccc2cccc(-c3ncc4c(N5CCN[C@@H](CC#N)C5)nc(OC[C@@H]5CCCN5C)nc4c3F)c12)(C(C)C)C(C)C. The molecule has 4 aromatic rings. The van der Waals surface area contributed by atoms with Crippen molar-refractivity contribution in [3.8, 4) is 34.8 Å². The van der Waals surface area contributed by atoms with Gasteiger partial charge >= 0.3 is 6.01 Å². The third kappa shape index (κ3) is 6.82. The Morgan fingerprint density at radius 1 is 1.04 bits per heavy atom. The van der Waals surface area contributed by atoms with Crippen molar-refractivity contribution >= 4 is 35.6 Å². The van der Waals surface area contributed by atoms with Gasteiger partial charge in [-0.15, -0.1) is 5.54 Å². The second-order valence-electron chi connectivity index (χ2n) is 14.9. The van der Waals surface area contributed by atoms with Crippen molar-refractivity contribution in [1.82, 2.24) is 25.2 Å². The summed E-state index contributed by atoms with van der Waals surface area (Å²) in [6.45, 7) is 17.2. The van der Waals surface area contributed by atoms with E-state index in [2.05, 4.69) is 93.4 Å². The Kier molecular flexibility index (Phi) is 10.7. The number of nitrogens with zero attached hydrogens (tertiary/aromatic N) is 6. The largest absolute Gasteiger partial charge is 0.462 e. The van der Waals surface area contributed by atoms with Crippen molar-refractivity contribution in [2.75, 3.05) is 44.7 Å². The van der Waals surface area contributed by atoms with Crippen LogP contribution < -0.4 is 15.0 Å². The van der Waals surface area contributed by atoms with Gasteiger partial charge in [0.1, 0.15) is 31.7 Å². The normalized spacial score (nSPS) is 18.6. The number of anilines is 1. The van der Waals surface area contributed by atoms with Crippen molar-refractivity contribution in [2.45, 2.75) is 89.5 Å². The van der Waals surface area contributed by atoms with Gasteiger partial charge in [0.25, 0.3) is 0 Å². The predicted molar refractivity (Wildman–Crippen MR) is 204 cm³/mol.